The number of benzene rings is 1. The summed E-state index contributed by atoms with van der Waals surface area (Å²) in [7, 11) is 1.72. The van der Waals surface area contributed by atoms with E-state index in [-0.39, 0.29) is 0 Å². The van der Waals surface area contributed by atoms with E-state index in [9.17, 15) is 0 Å². The molecular weight excluding hydrogens is 260 g/mol. The maximum Gasteiger partial charge on any atom is 0.118 e. The van der Waals surface area contributed by atoms with Crippen LogP contribution in [0.2, 0.25) is 0 Å². The fraction of sp³-hybridized carbons (Fsp3) is 0.667. The lowest BCUT2D eigenvalue weighted by Crippen LogP contribution is -2.41. The van der Waals surface area contributed by atoms with Crippen molar-refractivity contribution in [1.29, 1.82) is 0 Å². The van der Waals surface area contributed by atoms with Crippen LogP contribution in [0, 0.1) is 5.92 Å². The summed E-state index contributed by atoms with van der Waals surface area (Å²) in [6.07, 6.45) is 3.76. The number of nitrogens with one attached hydrogen (secondary N) is 1. The van der Waals surface area contributed by atoms with Gasteiger partial charge in [-0.05, 0) is 69.4 Å². The summed E-state index contributed by atoms with van der Waals surface area (Å²) >= 11 is 0. The van der Waals surface area contributed by atoms with Gasteiger partial charge in [-0.25, -0.2) is 0 Å². The van der Waals surface area contributed by atoms with Crippen molar-refractivity contribution in [3.63, 3.8) is 0 Å². The van der Waals surface area contributed by atoms with Crippen molar-refractivity contribution in [1.82, 2.24) is 10.2 Å². The van der Waals surface area contributed by atoms with Gasteiger partial charge in [-0.2, -0.15) is 0 Å². The summed E-state index contributed by atoms with van der Waals surface area (Å²) in [5, 5.41) is 3.46. The first kappa shape index (κ1) is 16.3. The molecule has 21 heavy (non-hydrogen) atoms. The molecule has 3 nitrogen and oxygen atoms in total. The largest absolute Gasteiger partial charge is 0.497 e. The van der Waals surface area contributed by atoms with E-state index in [0.29, 0.717) is 6.04 Å². The minimum absolute atomic E-state index is 0.596. The first-order valence-electron chi connectivity index (χ1n) is 8.30. The van der Waals surface area contributed by atoms with Crippen molar-refractivity contribution in [3.05, 3.63) is 29.8 Å². The molecule has 118 valence electrons. The average molecular weight is 290 g/mol. The Morgan fingerprint density at radius 3 is 2.48 bits per heavy atom. The first-order valence-corrected chi connectivity index (χ1v) is 8.30. The predicted octanol–water partition coefficient (Wildman–Crippen LogP) is 2.95. The van der Waals surface area contributed by atoms with Gasteiger partial charge in [-0.3, -0.25) is 0 Å². The number of nitrogens with zero attached hydrogens (tertiary/aromatic N) is 1. The molecule has 3 heteroatoms. The van der Waals surface area contributed by atoms with Gasteiger partial charge in [0.05, 0.1) is 7.11 Å². The maximum atomic E-state index is 5.23. The van der Waals surface area contributed by atoms with E-state index in [1.807, 2.05) is 0 Å². The molecule has 1 fully saturated rings. The van der Waals surface area contributed by atoms with Gasteiger partial charge in [0.1, 0.15) is 5.75 Å². The Balaban J connectivity index is 1.87. The number of ether oxygens (including phenoxy) is 1. The minimum atomic E-state index is 0.596. The van der Waals surface area contributed by atoms with E-state index in [1.165, 1.54) is 38.0 Å². The summed E-state index contributed by atoms with van der Waals surface area (Å²) in [5.74, 6) is 1.80. The predicted molar refractivity (Wildman–Crippen MR) is 89.0 cm³/mol. The Kier molecular flexibility index (Phi) is 6.52. The monoisotopic (exact) mass is 290 g/mol. The molecule has 0 aliphatic carbocycles. The van der Waals surface area contributed by atoms with Crippen molar-refractivity contribution >= 4 is 0 Å². The van der Waals surface area contributed by atoms with Crippen LogP contribution in [0.15, 0.2) is 24.3 Å². The average Bonchev–Trinajstić information content (AvgIpc) is 2.54. The van der Waals surface area contributed by atoms with Crippen LogP contribution in [-0.4, -0.2) is 44.2 Å². The lowest BCUT2D eigenvalue weighted by Gasteiger charge is -2.33. The van der Waals surface area contributed by atoms with E-state index in [1.54, 1.807) is 7.11 Å². The van der Waals surface area contributed by atoms with Crippen LogP contribution in [0.5, 0.6) is 5.75 Å². The highest BCUT2D eigenvalue weighted by Crippen LogP contribution is 2.18. The molecule has 1 aromatic rings. The number of likely N-dealkylation sites (N-methyl/N-ethyl adjacent to an activating group) is 1. The Labute approximate surface area is 129 Å². The molecule has 1 N–H and O–H groups in total. The number of hydrogen-bond acceptors (Lipinski definition) is 3. The van der Waals surface area contributed by atoms with Crippen molar-refractivity contribution < 1.29 is 4.74 Å². The second-order valence-corrected chi connectivity index (χ2v) is 6.18. The molecule has 0 amide bonds. The van der Waals surface area contributed by atoms with Gasteiger partial charge in [0.2, 0.25) is 0 Å². The highest BCUT2D eigenvalue weighted by atomic mass is 16.5. The highest BCUT2D eigenvalue weighted by molar-refractivity contribution is 5.27. The zero-order chi connectivity index (χ0) is 15.1. The summed E-state index contributed by atoms with van der Waals surface area (Å²) in [5.41, 5.74) is 1.40. The summed E-state index contributed by atoms with van der Waals surface area (Å²) in [6, 6.07) is 9.09. The quantitative estimate of drug-likeness (QED) is 0.835. The minimum Gasteiger partial charge on any atom is -0.497 e. The summed E-state index contributed by atoms with van der Waals surface area (Å²) in [6.45, 7) is 9.40. The molecule has 1 aromatic carbocycles. The van der Waals surface area contributed by atoms with Gasteiger partial charge in [-0.1, -0.05) is 19.1 Å². The topological polar surface area (TPSA) is 24.5 Å². The van der Waals surface area contributed by atoms with Crippen LogP contribution in [0.25, 0.3) is 0 Å². The second kappa shape index (κ2) is 8.40. The van der Waals surface area contributed by atoms with Gasteiger partial charge in [0.25, 0.3) is 0 Å². The Hall–Kier alpha value is -1.06. The zero-order valence-corrected chi connectivity index (χ0v) is 13.8. The van der Waals surface area contributed by atoms with Crippen LogP contribution in [-0.2, 0) is 6.42 Å². The van der Waals surface area contributed by atoms with Crippen LogP contribution in [0.3, 0.4) is 0 Å². The van der Waals surface area contributed by atoms with Crippen LogP contribution >= 0.6 is 0 Å². The Morgan fingerprint density at radius 2 is 1.90 bits per heavy atom. The van der Waals surface area contributed by atoms with Crippen LogP contribution in [0.4, 0.5) is 0 Å². The molecular formula is C18H30N2O. The third-order valence-electron chi connectivity index (χ3n) is 4.67. The number of piperidine rings is 1. The van der Waals surface area contributed by atoms with Crippen molar-refractivity contribution in [2.75, 3.05) is 33.3 Å². The standard InChI is InChI=1S/C18H30N2O/c1-4-20(14-17-9-11-19-12-10-17)15(2)13-16-5-7-18(21-3)8-6-16/h5-8,15,17,19H,4,9-14H2,1-3H3. The highest BCUT2D eigenvalue weighted by Gasteiger charge is 2.19. The third kappa shape index (κ3) is 5.01. The van der Waals surface area contributed by atoms with E-state index in [2.05, 4.69) is 48.3 Å². The molecule has 0 radical (unpaired) electrons. The molecule has 0 spiro atoms. The number of methoxy groups -OCH3 is 1. The fourth-order valence-electron chi connectivity index (χ4n) is 3.25. The molecule has 0 bridgehead atoms. The van der Waals surface area contributed by atoms with E-state index < -0.39 is 0 Å². The lowest BCUT2D eigenvalue weighted by atomic mass is 9.96. The smallest absolute Gasteiger partial charge is 0.118 e. The molecule has 0 saturated carbocycles. The zero-order valence-electron chi connectivity index (χ0n) is 13.8. The second-order valence-electron chi connectivity index (χ2n) is 6.18. The molecule has 1 saturated heterocycles. The van der Waals surface area contributed by atoms with E-state index in [4.69, 9.17) is 4.74 Å². The molecule has 0 aromatic heterocycles. The van der Waals surface area contributed by atoms with Gasteiger partial charge in [-0.15, -0.1) is 0 Å². The van der Waals surface area contributed by atoms with Crippen molar-refractivity contribution in [3.8, 4) is 5.75 Å². The Morgan fingerprint density at radius 1 is 1.24 bits per heavy atom. The van der Waals surface area contributed by atoms with Crippen molar-refractivity contribution in [2.24, 2.45) is 5.92 Å². The lowest BCUT2D eigenvalue weighted by molar-refractivity contribution is 0.167. The molecule has 1 aliphatic heterocycles. The normalized spacial score (nSPS) is 17.9. The fourth-order valence-corrected chi connectivity index (χ4v) is 3.25. The first-order chi connectivity index (χ1) is 10.2. The van der Waals surface area contributed by atoms with E-state index in [0.717, 1.165) is 24.6 Å². The summed E-state index contributed by atoms with van der Waals surface area (Å²) < 4.78 is 5.23. The van der Waals surface area contributed by atoms with Gasteiger partial charge < -0.3 is 15.0 Å². The molecule has 1 atom stereocenters. The number of rotatable bonds is 7. The van der Waals surface area contributed by atoms with Crippen LogP contribution < -0.4 is 10.1 Å². The van der Waals surface area contributed by atoms with Gasteiger partial charge in [0.15, 0.2) is 0 Å². The molecule has 2 rings (SSSR count). The van der Waals surface area contributed by atoms with Gasteiger partial charge >= 0.3 is 0 Å². The molecule has 1 aliphatic rings. The van der Waals surface area contributed by atoms with Gasteiger partial charge in [0, 0.05) is 12.6 Å². The SMILES string of the molecule is CCN(CC1CCNCC1)C(C)Cc1ccc(OC)cc1. The molecule has 1 unspecified atom stereocenters. The van der Waals surface area contributed by atoms with E-state index >= 15 is 0 Å². The maximum absolute atomic E-state index is 5.23. The van der Waals surface area contributed by atoms with Crippen LogP contribution in [0.1, 0.15) is 32.3 Å². The van der Waals surface area contributed by atoms with Crippen molar-refractivity contribution in [2.45, 2.75) is 39.2 Å². The third-order valence-corrected chi connectivity index (χ3v) is 4.67. The number of hydrogen-bond donors (Lipinski definition) is 1. The molecule has 1 heterocycles. The Bertz CT molecular complexity index is 398. The summed E-state index contributed by atoms with van der Waals surface area (Å²) in [4.78, 5) is 2.64.